The van der Waals surface area contributed by atoms with E-state index >= 15 is 0 Å². The highest BCUT2D eigenvalue weighted by molar-refractivity contribution is 7.71. The van der Waals surface area contributed by atoms with E-state index in [1.165, 1.54) is 6.92 Å². The van der Waals surface area contributed by atoms with Crippen LogP contribution in [0, 0.1) is 4.77 Å². The molecule has 0 bridgehead atoms. The number of aliphatic hydroxyl groups is 2. The molecule has 0 aliphatic rings. The van der Waals surface area contributed by atoms with Crippen molar-refractivity contribution in [3.8, 4) is 5.69 Å². The molecule has 0 fully saturated rings. The third-order valence-corrected chi connectivity index (χ3v) is 10.6. The number of amides is 1. The predicted octanol–water partition coefficient (Wildman–Crippen LogP) is 8.27. The quantitative estimate of drug-likeness (QED) is 0.0449. The van der Waals surface area contributed by atoms with Gasteiger partial charge < -0.3 is 30.4 Å². The van der Waals surface area contributed by atoms with Crippen molar-refractivity contribution in [2.45, 2.75) is 57.6 Å². The van der Waals surface area contributed by atoms with Gasteiger partial charge in [-0.1, -0.05) is 74.7 Å². The molecule has 0 aliphatic carbocycles. The van der Waals surface area contributed by atoms with Crippen molar-refractivity contribution in [3.05, 3.63) is 131 Å². The summed E-state index contributed by atoms with van der Waals surface area (Å²) in [7, 11) is 1.92. The molecule has 2 aromatic heterocycles. The van der Waals surface area contributed by atoms with Gasteiger partial charge in [0.2, 0.25) is 5.91 Å². The van der Waals surface area contributed by atoms with Gasteiger partial charge in [-0.05, 0) is 91.8 Å². The molecule has 5 N–H and O–H groups in total. The lowest BCUT2D eigenvalue weighted by Crippen LogP contribution is -2.43. The summed E-state index contributed by atoms with van der Waals surface area (Å²) in [5.41, 5.74) is 4.89. The second-order valence-electron chi connectivity index (χ2n) is 13.5. The Labute approximate surface area is 341 Å². The number of hydrogen-bond donors (Lipinski definition) is 5. The zero-order valence-electron chi connectivity index (χ0n) is 32.2. The number of H-pyrrole nitrogens is 1. The first-order chi connectivity index (χ1) is 27.6. The number of carbonyl (C=O) groups is 2. The van der Waals surface area contributed by atoms with E-state index in [0.29, 0.717) is 16.0 Å². The summed E-state index contributed by atoms with van der Waals surface area (Å²) in [5, 5.41) is 39.5. The van der Waals surface area contributed by atoms with Gasteiger partial charge in [-0.2, -0.15) is 5.10 Å². The maximum atomic E-state index is 12.9. The summed E-state index contributed by atoms with van der Waals surface area (Å²) in [4.78, 5) is 32.7. The Morgan fingerprint density at radius 1 is 0.982 bits per heavy atom. The van der Waals surface area contributed by atoms with E-state index in [4.69, 9.17) is 12.2 Å². The molecule has 2 heterocycles. The zero-order chi connectivity index (χ0) is 40.7. The molecule has 3 atom stereocenters. The first kappa shape index (κ1) is 42.5. The average molecular weight is 808 g/mol. The minimum Gasteiger partial charge on any atom is -0.481 e. The van der Waals surface area contributed by atoms with Gasteiger partial charge in [0.05, 0.1) is 41.2 Å². The Balaban J connectivity index is 0.000000221. The van der Waals surface area contributed by atoms with Crippen molar-refractivity contribution in [1.29, 1.82) is 0 Å². The molecule has 12 nitrogen and oxygen atoms in total. The summed E-state index contributed by atoms with van der Waals surface area (Å²) in [6, 6.07) is 32.3. The third-order valence-electron chi connectivity index (χ3n) is 9.31. The molecule has 0 aliphatic heterocycles. The number of anilines is 3. The Hall–Kier alpha value is -5.67. The summed E-state index contributed by atoms with van der Waals surface area (Å²) in [6.45, 7) is 3.79. The van der Waals surface area contributed by atoms with Crippen LogP contribution in [0.3, 0.4) is 0 Å². The minimum atomic E-state index is -1.03. The molecule has 0 saturated carbocycles. The number of nitrogens with one attached hydrogen (secondary N) is 2. The van der Waals surface area contributed by atoms with Crippen LogP contribution in [-0.2, 0) is 9.59 Å². The molecule has 6 aromatic rings. The lowest BCUT2D eigenvalue weighted by molar-refractivity contribution is -0.141. The normalized spacial score (nSPS) is 12.7. The van der Waals surface area contributed by atoms with Gasteiger partial charge in [-0.3, -0.25) is 19.3 Å². The van der Waals surface area contributed by atoms with Crippen molar-refractivity contribution in [1.82, 2.24) is 19.7 Å². The van der Waals surface area contributed by atoms with Crippen LogP contribution in [0.5, 0.6) is 0 Å². The minimum absolute atomic E-state index is 0.000112. The van der Waals surface area contributed by atoms with Crippen LogP contribution in [0.25, 0.3) is 22.0 Å². The highest BCUT2D eigenvalue weighted by Crippen LogP contribution is 2.26. The number of hydrogen-bond acceptors (Lipinski definition) is 10. The van der Waals surface area contributed by atoms with Gasteiger partial charge in [0.15, 0.2) is 4.77 Å². The number of carboxylic acid groups (broad SMARTS) is 1. The molecule has 3 unspecified atom stereocenters. The van der Waals surface area contributed by atoms with E-state index in [1.54, 1.807) is 34.4 Å². The van der Waals surface area contributed by atoms with E-state index in [2.05, 4.69) is 27.4 Å². The second-order valence-corrected chi connectivity index (χ2v) is 15.0. The molecule has 14 heteroatoms. The van der Waals surface area contributed by atoms with Crippen LogP contribution >= 0.6 is 23.6 Å². The fourth-order valence-corrected chi connectivity index (χ4v) is 7.38. The molecule has 1 amide bonds. The number of aromatic amines is 1. The molecule has 0 saturated heterocycles. The smallest absolute Gasteiger partial charge is 0.313 e. The van der Waals surface area contributed by atoms with Crippen LogP contribution in [0.2, 0.25) is 0 Å². The first-order valence-corrected chi connectivity index (χ1v) is 20.0. The number of nitrogens with zero attached hydrogens (tertiary/aromatic N) is 5. The molecule has 0 spiro atoms. The van der Waals surface area contributed by atoms with Crippen LogP contribution in [-0.4, -0.2) is 79.3 Å². The number of aliphatic hydroxyl groups excluding tert-OH is 2. The standard InChI is InChI=1S/C23H29N5O2S.C20H20N2O3S/c1-2-3-5-12-21(16-29)27(19-10-6-4-7-11-19)15-22(30)25-18-9-8-13-20(14-18)28-17-24-26-23(28)31;1-13(23)19(20(24)25)14-7-9-15(10-8-14)22(2)12-11-18-21-16-5-3-4-6-17(16)26-18/h4,6-11,13-14,17,21,29H,2-3,5,12,15-16H2,1H3,(H,25,30)(H,26,31);3-13,19,23H,1-2H3,(H,24,25)/b;12-11+. The van der Waals surface area contributed by atoms with E-state index in [1.807, 2.05) is 120 Å². The first-order valence-electron chi connectivity index (χ1n) is 18.8. The molecule has 57 heavy (non-hydrogen) atoms. The zero-order valence-corrected chi connectivity index (χ0v) is 33.9. The molecule has 0 radical (unpaired) electrons. The lowest BCUT2D eigenvalue weighted by atomic mass is 9.94. The Bertz CT molecular complexity index is 2240. The summed E-state index contributed by atoms with van der Waals surface area (Å²) < 4.78 is 3.37. The van der Waals surface area contributed by atoms with Crippen molar-refractivity contribution >= 4 is 68.8 Å². The highest BCUT2D eigenvalue weighted by atomic mass is 32.1. The summed E-state index contributed by atoms with van der Waals surface area (Å²) in [5.74, 6) is -2.10. The number of aliphatic carboxylic acids is 1. The number of para-hydroxylation sites is 2. The number of benzene rings is 4. The SMILES string of the molecule is CC(O)C(C(=O)O)c1ccc(N(C)/C=C/c2nc3ccccc3s2)cc1.CCCCCC(CO)N(CC(=O)Nc1cccc(-n2cn[nH]c2=S)c1)c1ccccc1. The molecular weight excluding hydrogens is 759 g/mol. The van der Waals surface area contributed by atoms with Crippen molar-refractivity contribution in [2.75, 3.05) is 35.3 Å². The van der Waals surface area contributed by atoms with Gasteiger partial charge in [0.1, 0.15) is 17.3 Å². The third kappa shape index (κ3) is 11.9. The van der Waals surface area contributed by atoms with Crippen molar-refractivity contribution < 1.29 is 24.9 Å². The van der Waals surface area contributed by atoms with Crippen molar-refractivity contribution in [2.24, 2.45) is 0 Å². The van der Waals surface area contributed by atoms with Gasteiger partial charge >= 0.3 is 5.97 Å². The topological polar surface area (TPSA) is 160 Å². The summed E-state index contributed by atoms with van der Waals surface area (Å²) in [6.07, 6.45) is 8.60. The number of rotatable bonds is 17. The molecule has 4 aromatic carbocycles. The van der Waals surface area contributed by atoms with E-state index in [-0.39, 0.29) is 25.1 Å². The number of carboxylic acids is 1. The largest absolute Gasteiger partial charge is 0.481 e. The fraction of sp³-hybridized carbons (Fsp3) is 0.279. The van der Waals surface area contributed by atoms with Crippen LogP contribution < -0.4 is 15.1 Å². The van der Waals surface area contributed by atoms with Gasteiger partial charge in [-0.25, -0.2) is 4.98 Å². The molecule has 298 valence electrons. The molecule has 6 rings (SSSR count). The lowest BCUT2D eigenvalue weighted by Gasteiger charge is -2.32. The second kappa shape index (κ2) is 21.0. The van der Waals surface area contributed by atoms with Crippen LogP contribution in [0.15, 0.2) is 116 Å². The fourth-order valence-electron chi connectivity index (χ4n) is 6.31. The number of unbranched alkanes of at least 4 members (excludes halogenated alkanes) is 2. The Morgan fingerprint density at radius 3 is 2.37 bits per heavy atom. The number of aromatic nitrogens is 4. The van der Waals surface area contributed by atoms with Gasteiger partial charge in [0, 0.05) is 30.3 Å². The monoisotopic (exact) mass is 807 g/mol. The van der Waals surface area contributed by atoms with Crippen LogP contribution in [0.4, 0.5) is 17.1 Å². The van der Waals surface area contributed by atoms with Crippen molar-refractivity contribution in [3.63, 3.8) is 0 Å². The van der Waals surface area contributed by atoms with E-state index < -0.39 is 18.0 Å². The number of thiazole rings is 1. The van der Waals surface area contributed by atoms with Gasteiger partial charge in [0.25, 0.3) is 0 Å². The maximum absolute atomic E-state index is 12.9. The predicted molar refractivity (Wildman–Crippen MR) is 232 cm³/mol. The van der Waals surface area contributed by atoms with Gasteiger partial charge in [-0.15, -0.1) is 11.3 Å². The Kier molecular flexibility index (Phi) is 15.7. The highest BCUT2D eigenvalue weighted by Gasteiger charge is 2.25. The number of carbonyl (C=O) groups excluding carboxylic acids is 1. The van der Waals surface area contributed by atoms with E-state index in [0.717, 1.165) is 58.0 Å². The Morgan fingerprint density at radius 2 is 1.72 bits per heavy atom. The van der Waals surface area contributed by atoms with E-state index in [9.17, 15) is 24.9 Å². The average Bonchev–Trinajstić information content (AvgIpc) is 3.84. The number of fused-ring (bicyclic) bond motifs is 1. The molecular formula is C43H49N7O5S2. The van der Waals surface area contributed by atoms with Crippen LogP contribution in [0.1, 0.15) is 56.0 Å². The maximum Gasteiger partial charge on any atom is 0.313 e. The summed E-state index contributed by atoms with van der Waals surface area (Å²) >= 11 is 6.85.